The predicted octanol–water partition coefficient (Wildman–Crippen LogP) is 3.75. The zero-order valence-corrected chi connectivity index (χ0v) is 12.0. The Hall–Kier alpha value is -0.860. The van der Waals surface area contributed by atoms with Crippen molar-refractivity contribution >= 4 is 11.8 Å². The fourth-order valence-corrected chi connectivity index (χ4v) is 1.05. The van der Waals surface area contributed by atoms with E-state index in [2.05, 4.69) is 20.8 Å². The molecule has 0 aliphatic carbocycles. The van der Waals surface area contributed by atoms with Crippen molar-refractivity contribution in [2.24, 2.45) is 5.92 Å². The van der Waals surface area contributed by atoms with E-state index in [1.807, 2.05) is 6.92 Å². The van der Waals surface area contributed by atoms with Crippen LogP contribution in [0.5, 0.6) is 0 Å². The first-order chi connectivity index (χ1) is 7.93. The van der Waals surface area contributed by atoms with Gasteiger partial charge in [-0.05, 0) is 32.6 Å². The number of hydrogen-bond donors (Lipinski definition) is 0. The second-order valence-corrected chi connectivity index (χ2v) is 4.54. The lowest BCUT2D eigenvalue weighted by atomic mass is 10.1. The van der Waals surface area contributed by atoms with Crippen LogP contribution in [0.3, 0.4) is 0 Å². The highest BCUT2D eigenvalue weighted by atomic mass is 16.5. The highest BCUT2D eigenvalue weighted by Crippen LogP contribution is 2.02. The van der Waals surface area contributed by atoms with Crippen molar-refractivity contribution in [3.63, 3.8) is 0 Å². The first kappa shape index (κ1) is 18.5. The molecular weight excluding hydrogens is 216 g/mol. The average Bonchev–Trinajstić information content (AvgIpc) is 2.25. The Kier molecular flexibility index (Phi) is 14.4. The van der Waals surface area contributed by atoms with Crippen LogP contribution in [0.2, 0.25) is 0 Å². The van der Waals surface area contributed by atoms with Crippen LogP contribution in [0.4, 0.5) is 0 Å². The summed E-state index contributed by atoms with van der Waals surface area (Å²) in [6.45, 7) is 10.3. The number of rotatable bonds is 7. The Morgan fingerprint density at radius 3 is 2.00 bits per heavy atom. The topological polar surface area (TPSA) is 43.4 Å². The number of esters is 1. The van der Waals surface area contributed by atoms with Gasteiger partial charge in [0, 0.05) is 12.8 Å². The van der Waals surface area contributed by atoms with Gasteiger partial charge in [0.05, 0.1) is 6.61 Å². The summed E-state index contributed by atoms with van der Waals surface area (Å²) < 4.78 is 4.70. The molecule has 0 saturated carbocycles. The van der Waals surface area contributed by atoms with Gasteiger partial charge < -0.3 is 9.53 Å². The SMILES string of the molecule is CC(=O)CCC(C)C.CCCCC(=O)OCC. The third kappa shape index (κ3) is 21.1. The number of unbranched alkanes of at least 4 members (excludes halogenated alkanes) is 1. The van der Waals surface area contributed by atoms with E-state index < -0.39 is 0 Å². The molecule has 0 aromatic carbocycles. The lowest BCUT2D eigenvalue weighted by Crippen LogP contribution is -2.02. The van der Waals surface area contributed by atoms with Crippen LogP contribution >= 0.6 is 0 Å². The largest absolute Gasteiger partial charge is 0.466 e. The van der Waals surface area contributed by atoms with E-state index in [0.29, 0.717) is 24.7 Å². The quantitative estimate of drug-likeness (QED) is 0.640. The van der Waals surface area contributed by atoms with E-state index in [0.717, 1.165) is 25.7 Å². The Morgan fingerprint density at radius 2 is 1.71 bits per heavy atom. The number of Topliss-reactive ketones (excluding diaryl/α,β-unsaturated/α-hetero) is 1. The molecule has 0 atom stereocenters. The van der Waals surface area contributed by atoms with E-state index in [4.69, 9.17) is 4.74 Å². The van der Waals surface area contributed by atoms with Crippen LogP contribution in [0.15, 0.2) is 0 Å². The fraction of sp³-hybridized carbons (Fsp3) is 0.857. The molecule has 102 valence electrons. The van der Waals surface area contributed by atoms with Gasteiger partial charge in [0.2, 0.25) is 0 Å². The molecule has 0 bridgehead atoms. The predicted molar refractivity (Wildman–Crippen MR) is 70.9 cm³/mol. The summed E-state index contributed by atoms with van der Waals surface area (Å²) in [6.07, 6.45) is 4.36. The maximum Gasteiger partial charge on any atom is 0.305 e. The Balaban J connectivity index is 0. The monoisotopic (exact) mass is 244 g/mol. The van der Waals surface area contributed by atoms with Crippen molar-refractivity contribution < 1.29 is 14.3 Å². The van der Waals surface area contributed by atoms with Crippen LogP contribution in [0.25, 0.3) is 0 Å². The maximum atomic E-state index is 10.6. The smallest absolute Gasteiger partial charge is 0.305 e. The minimum atomic E-state index is -0.0700. The van der Waals surface area contributed by atoms with E-state index in [1.165, 1.54) is 0 Å². The summed E-state index contributed by atoms with van der Waals surface area (Å²) in [4.78, 5) is 20.9. The Labute approximate surface area is 106 Å². The van der Waals surface area contributed by atoms with Gasteiger partial charge in [-0.15, -0.1) is 0 Å². The average molecular weight is 244 g/mol. The first-order valence-electron chi connectivity index (χ1n) is 6.59. The number of carbonyl (C=O) groups excluding carboxylic acids is 2. The van der Waals surface area contributed by atoms with Crippen LogP contribution in [-0.2, 0) is 14.3 Å². The molecule has 0 saturated heterocycles. The molecule has 0 amide bonds. The molecule has 0 heterocycles. The highest BCUT2D eigenvalue weighted by molar-refractivity contribution is 5.75. The third-order valence-corrected chi connectivity index (χ3v) is 2.11. The van der Waals surface area contributed by atoms with Crippen LogP contribution < -0.4 is 0 Å². The van der Waals surface area contributed by atoms with Gasteiger partial charge in [0.25, 0.3) is 0 Å². The molecule has 0 aliphatic heterocycles. The van der Waals surface area contributed by atoms with Crippen molar-refractivity contribution in [1.29, 1.82) is 0 Å². The van der Waals surface area contributed by atoms with Crippen molar-refractivity contribution in [2.75, 3.05) is 6.61 Å². The maximum absolute atomic E-state index is 10.6. The van der Waals surface area contributed by atoms with E-state index in [-0.39, 0.29) is 5.97 Å². The molecule has 0 spiro atoms. The number of carbonyl (C=O) groups is 2. The summed E-state index contributed by atoms with van der Waals surface area (Å²) in [5, 5.41) is 0. The Morgan fingerprint density at radius 1 is 1.12 bits per heavy atom. The van der Waals surface area contributed by atoms with Crippen LogP contribution in [0, 0.1) is 5.92 Å². The minimum Gasteiger partial charge on any atom is -0.466 e. The van der Waals surface area contributed by atoms with Gasteiger partial charge in [0.1, 0.15) is 5.78 Å². The first-order valence-corrected chi connectivity index (χ1v) is 6.59. The Bertz CT molecular complexity index is 198. The molecule has 0 unspecified atom stereocenters. The molecule has 0 rings (SSSR count). The molecule has 0 aliphatic rings. The van der Waals surface area contributed by atoms with Crippen molar-refractivity contribution in [3.05, 3.63) is 0 Å². The summed E-state index contributed by atoms with van der Waals surface area (Å²) in [5.74, 6) is 0.900. The lowest BCUT2D eigenvalue weighted by molar-refractivity contribution is -0.143. The van der Waals surface area contributed by atoms with Gasteiger partial charge in [-0.1, -0.05) is 27.2 Å². The third-order valence-electron chi connectivity index (χ3n) is 2.11. The summed E-state index contributed by atoms with van der Waals surface area (Å²) >= 11 is 0. The molecular formula is C14H28O3. The summed E-state index contributed by atoms with van der Waals surface area (Å²) in [5.41, 5.74) is 0. The van der Waals surface area contributed by atoms with E-state index in [9.17, 15) is 9.59 Å². The zero-order chi connectivity index (χ0) is 13.7. The molecule has 3 heteroatoms. The standard InChI is InChI=1S/C7H14O2.C7H14O/c1-3-5-6-7(8)9-4-2;1-6(2)4-5-7(3)8/h3-6H2,1-2H3;6H,4-5H2,1-3H3. The van der Waals surface area contributed by atoms with E-state index >= 15 is 0 Å². The second-order valence-electron chi connectivity index (χ2n) is 4.54. The number of ketones is 1. The highest BCUT2D eigenvalue weighted by Gasteiger charge is 1.97. The van der Waals surface area contributed by atoms with Gasteiger partial charge in [0.15, 0.2) is 0 Å². The van der Waals surface area contributed by atoms with E-state index in [1.54, 1.807) is 6.92 Å². The van der Waals surface area contributed by atoms with Crippen molar-refractivity contribution in [3.8, 4) is 0 Å². The molecule has 0 N–H and O–H groups in total. The molecule has 0 aromatic rings. The molecule has 0 fully saturated rings. The zero-order valence-electron chi connectivity index (χ0n) is 12.0. The molecule has 0 aromatic heterocycles. The van der Waals surface area contributed by atoms with Crippen LogP contribution in [0.1, 0.15) is 66.7 Å². The second kappa shape index (κ2) is 13.2. The normalized spacial score (nSPS) is 9.53. The van der Waals surface area contributed by atoms with Crippen LogP contribution in [-0.4, -0.2) is 18.4 Å². The lowest BCUT2D eigenvalue weighted by Gasteiger charge is -1.98. The minimum absolute atomic E-state index is 0.0700. The van der Waals surface area contributed by atoms with Crippen molar-refractivity contribution in [2.45, 2.75) is 66.7 Å². The number of ether oxygens (including phenoxy) is 1. The number of hydrogen-bond acceptors (Lipinski definition) is 3. The summed E-state index contributed by atoms with van der Waals surface area (Å²) in [7, 11) is 0. The van der Waals surface area contributed by atoms with Gasteiger partial charge in [-0.2, -0.15) is 0 Å². The van der Waals surface area contributed by atoms with Gasteiger partial charge >= 0.3 is 5.97 Å². The molecule has 3 nitrogen and oxygen atoms in total. The molecule has 17 heavy (non-hydrogen) atoms. The van der Waals surface area contributed by atoms with Crippen molar-refractivity contribution in [1.82, 2.24) is 0 Å². The van der Waals surface area contributed by atoms with Gasteiger partial charge in [-0.3, -0.25) is 4.79 Å². The molecule has 0 radical (unpaired) electrons. The van der Waals surface area contributed by atoms with Gasteiger partial charge in [-0.25, -0.2) is 0 Å². The fourth-order valence-electron chi connectivity index (χ4n) is 1.05. The summed E-state index contributed by atoms with van der Waals surface area (Å²) in [6, 6.07) is 0.